The summed E-state index contributed by atoms with van der Waals surface area (Å²) in [4.78, 5) is 1.45. The van der Waals surface area contributed by atoms with Crippen LogP contribution < -0.4 is 5.73 Å². The molecule has 0 radical (unpaired) electrons. The van der Waals surface area contributed by atoms with Gasteiger partial charge in [-0.1, -0.05) is 13.0 Å². The zero-order valence-corrected chi connectivity index (χ0v) is 7.03. The summed E-state index contributed by atoms with van der Waals surface area (Å²) in [6, 6.07) is 4.26. The molecule has 10 heavy (non-hydrogen) atoms. The summed E-state index contributed by atoms with van der Waals surface area (Å²) in [6.07, 6.45) is 1.10. The molecule has 56 valence electrons. The maximum Gasteiger partial charge on any atom is 0.00739 e. The molecule has 0 saturated carbocycles. The number of thiophene rings is 1. The van der Waals surface area contributed by atoms with Gasteiger partial charge in [0.2, 0.25) is 0 Å². The molecule has 0 amide bonds. The van der Waals surface area contributed by atoms with Crippen molar-refractivity contribution in [2.45, 2.75) is 19.3 Å². The second-order valence-electron chi connectivity index (χ2n) is 2.49. The Labute approximate surface area is 65.9 Å². The van der Waals surface area contributed by atoms with Crippen molar-refractivity contribution >= 4 is 11.3 Å². The molecule has 0 aliphatic heterocycles. The topological polar surface area (TPSA) is 26.0 Å². The molecular formula is C8H13NS. The van der Waals surface area contributed by atoms with Crippen LogP contribution in [0.4, 0.5) is 0 Å². The fourth-order valence-electron chi connectivity index (χ4n) is 0.964. The number of hydrogen-bond donors (Lipinski definition) is 1. The fourth-order valence-corrected chi connectivity index (χ4v) is 1.79. The Balaban J connectivity index is 2.50. The van der Waals surface area contributed by atoms with Crippen LogP contribution in [0.25, 0.3) is 0 Å². The number of nitrogens with two attached hydrogens (primary N) is 1. The maximum atomic E-state index is 5.44. The first-order valence-corrected chi connectivity index (χ1v) is 4.46. The lowest BCUT2D eigenvalue weighted by atomic mass is 10.1. The van der Waals surface area contributed by atoms with Crippen LogP contribution in [0, 0.1) is 0 Å². The van der Waals surface area contributed by atoms with Gasteiger partial charge in [-0.15, -0.1) is 11.3 Å². The van der Waals surface area contributed by atoms with E-state index >= 15 is 0 Å². The number of rotatable bonds is 3. The van der Waals surface area contributed by atoms with E-state index in [1.54, 1.807) is 0 Å². The summed E-state index contributed by atoms with van der Waals surface area (Å²) in [5, 5.41) is 2.11. The van der Waals surface area contributed by atoms with Crippen LogP contribution >= 0.6 is 11.3 Å². The van der Waals surface area contributed by atoms with Gasteiger partial charge in [0.15, 0.2) is 0 Å². The zero-order valence-electron chi connectivity index (χ0n) is 6.21. The van der Waals surface area contributed by atoms with Crippen LogP contribution in [0.15, 0.2) is 17.5 Å². The molecule has 1 heterocycles. The van der Waals surface area contributed by atoms with Gasteiger partial charge >= 0.3 is 0 Å². The van der Waals surface area contributed by atoms with Gasteiger partial charge < -0.3 is 5.73 Å². The van der Waals surface area contributed by atoms with Gasteiger partial charge in [0.05, 0.1) is 0 Å². The van der Waals surface area contributed by atoms with E-state index in [1.807, 2.05) is 11.3 Å². The van der Waals surface area contributed by atoms with Crippen molar-refractivity contribution < 1.29 is 0 Å². The third kappa shape index (κ3) is 1.82. The van der Waals surface area contributed by atoms with Gasteiger partial charge in [0.25, 0.3) is 0 Å². The lowest BCUT2D eigenvalue weighted by molar-refractivity contribution is 0.701. The minimum atomic E-state index is 0.644. The monoisotopic (exact) mass is 155 g/mol. The Morgan fingerprint density at radius 1 is 1.70 bits per heavy atom. The van der Waals surface area contributed by atoms with Crippen LogP contribution in [0.2, 0.25) is 0 Å². The summed E-state index contributed by atoms with van der Waals surface area (Å²) >= 11 is 1.82. The standard InChI is InChI=1S/C8H13NS/c1-7(4-5-9)8-3-2-6-10-8/h2-3,6-7H,4-5,9H2,1H3/t7-/m0/s1. The molecule has 0 fully saturated rings. The lowest BCUT2D eigenvalue weighted by Crippen LogP contribution is -2.02. The smallest absolute Gasteiger partial charge is 0.00739 e. The van der Waals surface area contributed by atoms with Crippen molar-refractivity contribution in [1.82, 2.24) is 0 Å². The van der Waals surface area contributed by atoms with E-state index in [4.69, 9.17) is 5.73 Å². The summed E-state index contributed by atoms with van der Waals surface area (Å²) in [5.41, 5.74) is 5.44. The summed E-state index contributed by atoms with van der Waals surface area (Å²) in [5.74, 6) is 0.644. The van der Waals surface area contributed by atoms with E-state index in [9.17, 15) is 0 Å². The van der Waals surface area contributed by atoms with Gasteiger partial charge in [0, 0.05) is 4.88 Å². The second-order valence-corrected chi connectivity index (χ2v) is 3.47. The highest BCUT2D eigenvalue weighted by Gasteiger charge is 2.03. The molecule has 2 heteroatoms. The van der Waals surface area contributed by atoms with Gasteiger partial charge in [-0.25, -0.2) is 0 Å². The van der Waals surface area contributed by atoms with E-state index in [2.05, 4.69) is 24.4 Å². The molecule has 1 aromatic rings. The molecular weight excluding hydrogens is 142 g/mol. The predicted molar refractivity (Wildman–Crippen MR) is 46.4 cm³/mol. The first-order valence-electron chi connectivity index (χ1n) is 3.58. The highest BCUT2D eigenvalue weighted by atomic mass is 32.1. The van der Waals surface area contributed by atoms with Crippen molar-refractivity contribution in [1.29, 1.82) is 0 Å². The second kappa shape index (κ2) is 3.74. The third-order valence-corrected chi connectivity index (χ3v) is 2.73. The predicted octanol–water partition coefficient (Wildman–Crippen LogP) is 2.20. The molecule has 0 aromatic carbocycles. The summed E-state index contributed by atoms with van der Waals surface area (Å²) in [7, 11) is 0. The van der Waals surface area contributed by atoms with Crippen LogP contribution in [0.5, 0.6) is 0 Å². The lowest BCUT2D eigenvalue weighted by Gasteiger charge is -2.05. The molecule has 0 aliphatic carbocycles. The summed E-state index contributed by atoms with van der Waals surface area (Å²) < 4.78 is 0. The van der Waals surface area contributed by atoms with Crippen molar-refractivity contribution in [3.8, 4) is 0 Å². The zero-order chi connectivity index (χ0) is 7.40. The normalized spacial score (nSPS) is 13.4. The highest BCUT2D eigenvalue weighted by Crippen LogP contribution is 2.22. The molecule has 1 aromatic heterocycles. The van der Waals surface area contributed by atoms with Crippen molar-refractivity contribution in [3.63, 3.8) is 0 Å². The molecule has 0 spiro atoms. The molecule has 2 N–H and O–H groups in total. The van der Waals surface area contributed by atoms with Crippen molar-refractivity contribution in [2.75, 3.05) is 6.54 Å². The van der Waals surface area contributed by atoms with E-state index < -0.39 is 0 Å². The first kappa shape index (κ1) is 7.76. The molecule has 1 rings (SSSR count). The van der Waals surface area contributed by atoms with E-state index in [1.165, 1.54) is 4.88 Å². The summed E-state index contributed by atoms with van der Waals surface area (Å²) in [6.45, 7) is 3.01. The average molecular weight is 155 g/mol. The minimum Gasteiger partial charge on any atom is -0.330 e. The Morgan fingerprint density at radius 2 is 2.50 bits per heavy atom. The van der Waals surface area contributed by atoms with E-state index in [0.717, 1.165) is 13.0 Å². The molecule has 0 saturated heterocycles. The van der Waals surface area contributed by atoms with Gasteiger partial charge in [-0.2, -0.15) is 0 Å². The van der Waals surface area contributed by atoms with Crippen molar-refractivity contribution in [3.05, 3.63) is 22.4 Å². The Hall–Kier alpha value is -0.340. The molecule has 0 aliphatic rings. The molecule has 1 nitrogen and oxygen atoms in total. The third-order valence-electron chi connectivity index (χ3n) is 1.63. The molecule has 0 bridgehead atoms. The van der Waals surface area contributed by atoms with Gasteiger partial charge in [-0.3, -0.25) is 0 Å². The Bertz CT molecular complexity index is 169. The van der Waals surface area contributed by atoms with E-state index in [0.29, 0.717) is 5.92 Å². The quantitative estimate of drug-likeness (QED) is 0.711. The minimum absolute atomic E-state index is 0.644. The van der Waals surface area contributed by atoms with Crippen molar-refractivity contribution in [2.24, 2.45) is 5.73 Å². The Morgan fingerprint density at radius 3 is 3.00 bits per heavy atom. The Kier molecular flexibility index (Phi) is 2.90. The van der Waals surface area contributed by atoms with Gasteiger partial charge in [-0.05, 0) is 30.3 Å². The largest absolute Gasteiger partial charge is 0.330 e. The van der Waals surface area contributed by atoms with Crippen LogP contribution in [-0.4, -0.2) is 6.54 Å². The van der Waals surface area contributed by atoms with E-state index in [-0.39, 0.29) is 0 Å². The van der Waals surface area contributed by atoms with Crippen LogP contribution in [0.3, 0.4) is 0 Å². The SMILES string of the molecule is C[C@@H](CCN)c1cccs1. The van der Waals surface area contributed by atoms with Gasteiger partial charge in [0.1, 0.15) is 0 Å². The average Bonchev–Trinajstić information content (AvgIpc) is 2.38. The molecule has 1 atom stereocenters. The maximum absolute atomic E-state index is 5.44. The molecule has 0 unspecified atom stereocenters. The van der Waals surface area contributed by atoms with Crippen LogP contribution in [0.1, 0.15) is 24.1 Å². The highest BCUT2D eigenvalue weighted by molar-refractivity contribution is 7.10. The fraction of sp³-hybridized carbons (Fsp3) is 0.500. The number of hydrogen-bond acceptors (Lipinski definition) is 2. The van der Waals surface area contributed by atoms with Crippen LogP contribution in [-0.2, 0) is 0 Å². The first-order chi connectivity index (χ1) is 4.84.